The van der Waals surface area contributed by atoms with E-state index in [1.165, 1.54) is 71.4 Å². The van der Waals surface area contributed by atoms with Gasteiger partial charge in [-0.05, 0) is 155 Å². The van der Waals surface area contributed by atoms with Crippen molar-refractivity contribution in [3.63, 3.8) is 0 Å². The monoisotopic (exact) mass is 1250 g/mol. The molecule has 0 spiro atoms. The Kier molecular flexibility index (Phi) is 14.6. The van der Waals surface area contributed by atoms with Gasteiger partial charge in [0.2, 0.25) is 14.2 Å². The predicted octanol–water partition coefficient (Wildman–Crippen LogP) is 12.5. The molecule has 9 aromatic rings. The SMILES string of the molecule is O=C(CSc1nnc(Br)n1-c1ccc(C2CC2)c2ccccc12)OCC(COC(=O)CSc1nnc(Br)n1-c1ccc(C2CC2)c2ccccc12)OC(=O)CSc1nnc(Br)n1-c1ccc(C2CC2)c2ccccc12. The van der Waals surface area contributed by atoms with E-state index in [0.717, 1.165) is 68.5 Å². The number of halogens is 3. The van der Waals surface area contributed by atoms with E-state index in [9.17, 15) is 14.4 Å². The average molecular weight is 1250 g/mol. The Morgan fingerprint density at radius 2 is 0.747 bits per heavy atom. The van der Waals surface area contributed by atoms with Crippen molar-refractivity contribution in [1.29, 1.82) is 0 Å². The van der Waals surface area contributed by atoms with Crippen molar-refractivity contribution in [3.8, 4) is 17.1 Å². The third kappa shape index (κ3) is 10.8. The van der Waals surface area contributed by atoms with Gasteiger partial charge < -0.3 is 14.2 Å². The second kappa shape index (κ2) is 21.8. The molecule has 75 heavy (non-hydrogen) atoms. The molecular formula is C54H44Br3N9O6S3. The highest BCUT2D eigenvalue weighted by Crippen LogP contribution is 2.47. The Hall–Kier alpha value is -5.58. The van der Waals surface area contributed by atoms with E-state index >= 15 is 0 Å². The zero-order valence-electron chi connectivity index (χ0n) is 39.8. The van der Waals surface area contributed by atoms with Crippen LogP contribution in [0.5, 0.6) is 0 Å². The summed E-state index contributed by atoms with van der Waals surface area (Å²) in [6.07, 6.45) is 5.90. The van der Waals surface area contributed by atoms with Gasteiger partial charge in [0.05, 0.1) is 34.3 Å². The number of thioether (sulfide) groups is 3. The molecular weight excluding hydrogens is 1210 g/mol. The van der Waals surface area contributed by atoms with Gasteiger partial charge in [0.1, 0.15) is 13.2 Å². The molecule has 3 aromatic heterocycles. The first-order valence-electron chi connectivity index (χ1n) is 24.4. The molecule has 21 heteroatoms. The Morgan fingerprint density at radius 1 is 0.440 bits per heavy atom. The van der Waals surface area contributed by atoms with Crippen LogP contribution in [0.3, 0.4) is 0 Å². The van der Waals surface area contributed by atoms with Crippen LogP contribution in [0, 0.1) is 0 Å². The fraction of sp³-hybridized carbons (Fsp3) is 0.278. The number of esters is 3. The first-order chi connectivity index (χ1) is 36.7. The number of aromatic nitrogens is 9. The van der Waals surface area contributed by atoms with Gasteiger partial charge in [-0.2, -0.15) is 0 Å². The highest BCUT2D eigenvalue weighted by molar-refractivity contribution is 9.10. The number of carbonyl (C=O) groups excluding carboxylic acids is 3. The summed E-state index contributed by atoms with van der Waals surface area (Å²) < 4.78 is 24.4. The Bertz CT molecular complexity index is 3530. The Labute approximate surface area is 468 Å². The molecule has 380 valence electrons. The van der Waals surface area contributed by atoms with Crippen molar-refractivity contribution in [2.75, 3.05) is 30.5 Å². The third-order valence-electron chi connectivity index (χ3n) is 13.5. The molecule has 3 aliphatic carbocycles. The molecule has 3 heterocycles. The van der Waals surface area contributed by atoms with Crippen LogP contribution in [-0.4, -0.2) is 98.8 Å². The average Bonchev–Trinajstić information content (AvgIpc) is 4.37. The molecule has 0 unspecified atom stereocenters. The summed E-state index contributed by atoms with van der Waals surface area (Å²) in [4.78, 5) is 40.8. The van der Waals surface area contributed by atoms with Crippen molar-refractivity contribution in [2.24, 2.45) is 0 Å². The molecule has 0 atom stereocenters. The minimum atomic E-state index is -1.15. The first-order valence-corrected chi connectivity index (χ1v) is 29.8. The molecule has 0 radical (unpaired) electrons. The first kappa shape index (κ1) is 50.2. The summed E-state index contributed by atoms with van der Waals surface area (Å²) in [5.74, 6) is -0.611. The summed E-state index contributed by atoms with van der Waals surface area (Å²) in [5, 5.41) is 34.1. The van der Waals surface area contributed by atoms with Gasteiger partial charge in [0.25, 0.3) is 0 Å². The minimum absolute atomic E-state index is 0.133. The maximum absolute atomic E-state index is 13.7. The standard InChI is InChI=1S/C54H44Br3N9O6S3/c55-49-58-61-52(64(49)43-22-19-34(30-13-14-30)37-7-1-4-10-40(37)43)73-27-46(67)70-25-33(72-48(69)29-75-54-63-60-51(57)66(54)45-24-21-36(32-17-18-32)39-9-3-6-12-42(39)45)26-71-47(68)28-74-53-62-59-50(56)65(53)44-23-20-35(31-15-16-31)38-8-2-5-11-41(38)44/h1-12,19-24,30-33H,13-18,25-29H2. The number of carbonyl (C=O) groups is 3. The summed E-state index contributed by atoms with van der Waals surface area (Å²) in [7, 11) is 0. The van der Waals surface area contributed by atoms with Crippen LogP contribution in [0.2, 0.25) is 0 Å². The van der Waals surface area contributed by atoms with Crippen molar-refractivity contribution >= 4 is 133 Å². The summed E-state index contributed by atoms with van der Waals surface area (Å²) in [6.45, 7) is -0.766. The van der Waals surface area contributed by atoms with Gasteiger partial charge in [-0.1, -0.05) is 126 Å². The molecule has 0 bridgehead atoms. The van der Waals surface area contributed by atoms with E-state index in [1.807, 2.05) is 50.1 Å². The minimum Gasteiger partial charge on any atom is -0.461 e. The van der Waals surface area contributed by atoms with Gasteiger partial charge >= 0.3 is 17.9 Å². The van der Waals surface area contributed by atoms with Crippen LogP contribution >= 0.6 is 83.1 Å². The summed E-state index contributed by atoms with van der Waals surface area (Å²) in [5.41, 5.74) is 6.59. The number of ether oxygens (including phenoxy) is 3. The molecule has 6 aromatic carbocycles. The lowest BCUT2D eigenvalue weighted by Gasteiger charge is -2.18. The van der Waals surface area contributed by atoms with Gasteiger partial charge in [0.15, 0.2) is 21.6 Å². The van der Waals surface area contributed by atoms with Crippen LogP contribution in [0.1, 0.15) is 73.0 Å². The summed E-state index contributed by atoms with van der Waals surface area (Å²) in [6, 6.07) is 37.5. The topological polar surface area (TPSA) is 171 Å². The molecule has 0 saturated heterocycles. The van der Waals surface area contributed by atoms with E-state index in [4.69, 9.17) is 14.2 Å². The van der Waals surface area contributed by atoms with Gasteiger partial charge in [-0.15, -0.1) is 30.6 Å². The molecule has 3 saturated carbocycles. The second-order valence-corrected chi connectivity index (χ2v) is 23.5. The molecule has 0 N–H and O–H groups in total. The third-order valence-corrected chi connectivity index (χ3v) is 17.7. The Morgan fingerprint density at radius 3 is 1.07 bits per heavy atom. The zero-order valence-corrected chi connectivity index (χ0v) is 47.0. The molecule has 12 rings (SSSR count). The highest BCUT2D eigenvalue weighted by Gasteiger charge is 2.30. The number of nitrogens with zero attached hydrogens (tertiary/aromatic N) is 9. The molecule has 3 aliphatic rings. The number of benzene rings is 6. The van der Waals surface area contributed by atoms with Crippen LogP contribution < -0.4 is 0 Å². The van der Waals surface area contributed by atoms with Crippen LogP contribution in [0.15, 0.2) is 139 Å². The highest BCUT2D eigenvalue weighted by atomic mass is 79.9. The lowest BCUT2D eigenvalue weighted by Crippen LogP contribution is -2.32. The smallest absolute Gasteiger partial charge is 0.316 e. The largest absolute Gasteiger partial charge is 0.461 e. The van der Waals surface area contributed by atoms with Crippen LogP contribution in [-0.2, 0) is 28.6 Å². The molecule has 0 amide bonds. The second-order valence-electron chi connectivity index (χ2n) is 18.6. The number of fused-ring (bicyclic) bond motifs is 3. The fourth-order valence-electron chi connectivity index (χ4n) is 9.56. The quantitative estimate of drug-likeness (QED) is 0.0401. The predicted molar refractivity (Wildman–Crippen MR) is 300 cm³/mol. The lowest BCUT2D eigenvalue weighted by molar-refractivity contribution is -0.163. The van der Waals surface area contributed by atoms with Crippen molar-refractivity contribution < 1.29 is 28.6 Å². The molecule has 0 aliphatic heterocycles. The zero-order chi connectivity index (χ0) is 51.2. The van der Waals surface area contributed by atoms with Gasteiger partial charge in [-0.25, -0.2) is 0 Å². The van der Waals surface area contributed by atoms with Crippen LogP contribution in [0.25, 0.3) is 49.4 Å². The van der Waals surface area contributed by atoms with E-state index in [1.54, 1.807) is 0 Å². The van der Waals surface area contributed by atoms with E-state index in [2.05, 4.69) is 151 Å². The maximum atomic E-state index is 13.7. The van der Waals surface area contributed by atoms with Crippen molar-refractivity contribution in [1.82, 2.24) is 44.3 Å². The van der Waals surface area contributed by atoms with Crippen molar-refractivity contribution in [2.45, 2.75) is 77.9 Å². The Balaban J connectivity index is 0.730. The number of hydrogen-bond acceptors (Lipinski definition) is 15. The maximum Gasteiger partial charge on any atom is 0.316 e. The molecule has 15 nitrogen and oxygen atoms in total. The van der Waals surface area contributed by atoms with E-state index in [-0.39, 0.29) is 30.5 Å². The van der Waals surface area contributed by atoms with Gasteiger partial charge in [-0.3, -0.25) is 28.1 Å². The number of hydrogen-bond donors (Lipinski definition) is 0. The van der Waals surface area contributed by atoms with Crippen LogP contribution in [0.4, 0.5) is 0 Å². The van der Waals surface area contributed by atoms with E-state index < -0.39 is 24.0 Å². The van der Waals surface area contributed by atoms with Gasteiger partial charge in [0, 0.05) is 16.2 Å². The summed E-state index contributed by atoms with van der Waals surface area (Å²) >= 11 is 14.2. The van der Waals surface area contributed by atoms with Crippen molar-refractivity contribution in [3.05, 3.63) is 140 Å². The lowest BCUT2D eigenvalue weighted by atomic mass is 9.99. The number of rotatable bonds is 20. The normalized spacial score (nSPS) is 14.6. The van der Waals surface area contributed by atoms with E-state index in [0.29, 0.717) is 47.4 Å². The fourth-order valence-corrected chi connectivity index (χ4v) is 13.4. The molecule has 3 fully saturated rings.